The molecule has 4 heterocycles. The van der Waals surface area contributed by atoms with Gasteiger partial charge in [-0.3, -0.25) is 9.69 Å². The minimum atomic E-state index is 0.0411. The lowest BCUT2D eigenvalue weighted by Crippen LogP contribution is -2.42. The molecule has 3 unspecified atom stereocenters. The lowest BCUT2D eigenvalue weighted by molar-refractivity contribution is -0.128. The topological polar surface area (TPSA) is 102 Å². The van der Waals surface area contributed by atoms with Crippen molar-refractivity contribution in [3.63, 3.8) is 0 Å². The van der Waals surface area contributed by atoms with Gasteiger partial charge in [0.05, 0.1) is 17.5 Å². The fourth-order valence-corrected chi connectivity index (χ4v) is 6.78. The van der Waals surface area contributed by atoms with Crippen molar-refractivity contribution in [2.75, 3.05) is 31.9 Å². The maximum Gasteiger partial charge on any atom is 0.246 e. The summed E-state index contributed by atoms with van der Waals surface area (Å²) < 4.78 is 7.97. The Balaban J connectivity index is 1.14. The molecule has 210 valence electrons. The number of para-hydroxylation sites is 1. The number of carbonyl (C=O) groups excluding carboxylic acids is 1. The van der Waals surface area contributed by atoms with Gasteiger partial charge in [0.2, 0.25) is 5.91 Å². The Morgan fingerprint density at radius 3 is 2.49 bits per heavy atom. The number of hydrogen-bond acceptors (Lipinski definition) is 7. The van der Waals surface area contributed by atoms with Gasteiger partial charge in [0, 0.05) is 24.7 Å². The average Bonchev–Trinajstić information content (AvgIpc) is 3.72. The van der Waals surface area contributed by atoms with E-state index in [1.54, 1.807) is 6.08 Å². The molecule has 1 aliphatic carbocycles. The number of carbonyl (C=O) groups is 1. The van der Waals surface area contributed by atoms with E-state index in [2.05, 4.69) is 14.9 Å². The largest absolute Gasteiger partial charge is 0.457 e. The molecule has 2 N–H and O–H groups in total. The first-order valence-electron chi connectivity index (χ1n) is 14.7. The standard InChI is InChI=1S/C32H35N7O2/c33-31-29-30(23-11-13-25(14-12-23)41-24-8-3-1-4-9-24)36-39(32(29)35-21-34-31)27-19-22-18-26(27)38(20-22)28(40)10-7-17-37-15-5-2-6-16-37/h1,3-4,7-14,21-22,26-27H,2,5-6,15-20H2,(H2,33,34,35)/b10-7+. The third-order valence-corrected chi connectivity index (χ3v) is 8.74. The predicted octanol–water partition coefficient (Wildman–Crippen LogP) is 5.07. The Bertz CT molecular complexity index is 1560. The maximum absolute atomic E-state index is 13.3. The number of rotatable bonds is 7. The molecule has 2 saturated heterocycles. The average molecular weight is 550 g/mol. The van der Waals surface area contributed by atoms with Crippen molar-refractivity contribution in [1.82, 2.24) is 29.5 Å². The molecule has 3 aliphatic rings. The Morgan fingerprint density at radius 1 is 0.951 bits per heavy atom. The number of piperidine rings is 2. The van der Waals surface area contributed by atoms with Crippen LogP contribution in [0.5, 0.6) is 11.5 Å². The highest BCUT2D eigenvalue weighted by molar-refractivity contribution is 5.98. The second kappa shape index (κ2) is 11.0. The molecule has 3 atom stereocenters. The molecule has 1 amide bonds. The van der Waals surface area contributed by atoms with Crippen LogP contribution in [0.3, 0.4) is 0 Å². The van der Waals surface area contributed by atoms with E-state index in [9.17, 15) is 4.79 Å². The van der Waals surface area contributed by atoms with E-state index < -0.39 is 0 Å². The molecule has 2 aliphatic heterocycles. The zero-order valence-corrected chi connectivity index (χ0v) is 23.1. The number of ether oxygens (including phenoxy) is 1. The number of nitrogens with two attached hydrogens (primary N) is 1. The van der Waals surface area contributed by atoms with Gasteiger partial charge >= 0.3 is 0 Å². The van der Waals surface area contributed by atoms with Crippen LogP contribution < -0.4 is 10.5 Å². The summed E-state index contributed by atoms with van der Waals surface area (Å²) in [7, 11) is 0. The first kappa shape index (κ1) is 25.7. The van der Waals surface area contributed by atoms with Crippen LogP contribution in [-0.4, -0.2) is 67.7 Å². The molecule has 0 spiro atoms. The van der Waals surface area contributed by atoms with E-state index in [-0.39, 0.29) is 18.0 Å². The second-order valence-electron chi connectivity index (χ2n) is 11.4. The first-order chi connectivity index (χ1) is 20.1. The Labute approximate surface area is 239 Å². The molecule has 9 heteroatoms. The van der Waals surface area contributed by atoms with Gasteiger partial charge in [0.1, 0.15) is 29.3 Å². The number of hydrogen-bond donors (Lipinski definition) is 1. The molecular formula is C32H35N7O2. The number of amides is 1. The van der Waals surface area contributed by atoms with Crippen LogP contribution in [0.15, 0.2) is 73.1 Å². The lowest BCUT2D eigenvalue weighted by atomic mass is 10.1. The summed E-state index contributed by atoms with van der Waals surface area (Å²) in [5.74, 6) is 2.48. The number of benzene rings is 2. The molecule has 4 aromatic rings. The van der Waals surface area contributed by atoms with Crippen molar-refractivity contribution in [2.24, 2.45) is 5.92 Å². The summed E-state index contributed by atoms with van der Waals surface area (Å²) in [5.41, 5.74) is 8.76. The molecule has 7 rings (SSSR count). The van der Waals surface area contributed by atoms with Gasteiger partial charge in [-0.05, 0) is 81.1 Å². The van der Waals surface area contributed by atoms with Crippen LogP contribution >= 0.6 is 0 Å². The number of aromatic nitrogens is 4. The van der Waals surface area contributed by atoms with Gasteiger partial charge < -0.3 is 15.4 Å². The van der Waals surface area contributed by atoms with Crippen molar-refractivity contribution in [1.29, 1.82) is 0 Å². The molecule has 2 aromatic heterocycles. The van der Waals surface area contributed by atoms with Crippen molar-refractivity contribution >= 4 is 22.8 Å². The highest BCUT2D eigenvalue weighted by atomic mass is 16.5. The van der Waals surface area contributed by atoms with Crippen LogP contribution in [0, 0.1) is 5.92 Å². The van der Waals surface area contributed by atoms with Gasteiger partial charge in [0.15, 0.2) is 5.65 Å². The number of anilines is 1. The lowest BCUT2D eigenvalue weighted by Gasteiger charge is -2.33. The van der Waals surface area contributed by atoms with Crippen molar-refractivity contribution < 1.29 is 9.53 Å². The summed E-state index contributed by atoms with van der Waals surface area (Å²) in [6.45, 7) is 3.89. The molecule has 2 bridgehead atoms. The smallest absolute Gasteiger partial charge is 0.246 e. The first-order valence-corrected chi connectivity index (χ1v) is 14.7. The van der Waals surface area contributed by atoms with Gasteiger partial charge in [-0.1, -0.05) is 30.7 Å². The normalized spacial score (nSPS) is 22.6. The number of likely N-dealkylation sites (tertiary alicyclic amines) is 2. The molecule has 9 nitrogen and oxygen atoms in total. The summed E-state index contributed by atoms with van der Waals surface area (Å²) in [6, 6.07) is 17.7. The van der Waals surface area contributed by atoms with Gasteiger partial charge in [-0.15, -0.1) is 0 Å². The Hall–Kier alpha value is -4.24. The Morgan fingerprint density at radius 2 is 1.71 bits per heavy atom. The van der Waals surface area contributed by atoms with Gasteiger partial charge in [-0.25, -0.2) is 14.6 Å². The quantitative estimate of drug-likeness (QED) is 0.321. The molecular weight excluding hydrogens is 514 g/mol. The minimum absolute atomic E-state index is 0.0411. The summed E-state index contributed by atoms with van der Waals surface area (Å²) in [4.78, 5) is 26.7. The van der Waals surface area contributed by atoms with E-state index in [4.69, 9.17) is 15.6 Å². The number of fused-ring (bicyclic) bond motifs is 3. The van der Waals surface area contributed by atoms with Crippen LogP contribution in [0.1, 0.15) is 38.1 Å². The summed E-state index contributed by atoms with van der Waals surface area (Å²) >= 11 is 0. The number of nitrogens with zero attached hydrogens (tertiary/aromatic N) is 6. The number of nitrogen functional groups attached to an aromatic ring is 1. The molecule has 1 saturated carbocycles. The van der Waals surface area contributed by atoms with Crippen LogP contribution in [0.25, 0.3) is 22.3 Å². The van der Waals surface area contributed by atoms with Crippen molar-refractivity contribution in [3.05, 3.63) is 73.1 Å². The molecule has 2 aromatic carbocycles. The second-order valence-corrected chi connectivity index (χ2v) is 11.4. The van der Waals surface area contributed by atoms with Crippen molar-refractivity contribution in [2.45, 2.75) is 44.2 Å². The van der Waals surface area contributed by atoms with Crippen molar-refractivity contribution in [3.8, 4) is 22.8 Å². The zero-order valence-electron chi connectivity index (χ0n) is 23.1. The monoisotopic (exact) mass is 549 g/mol. The van der Waals surface area contributed by atoms with Crippen LogP contribution in [-0.2, 0) is 4.79 Å². The fraction of sp³-hybridized carbons (Fsp3) is 0.375. The third kappa shape index (κ3) is 5.06. The van der Waals surface area contributed by atoms with Crippen LogP contribution in [0.4, 0.5) is 5.82 Å². The fourth-order valence-electron chi connectivity index (χ4n) is 6.78. The van der Waals surface area contributed by atoms with E-state index in [1.165, 1.54) is 25.6 Å². The van der Waals surface area contributed by atoms with Crippen LogP contribution in [0.2, 0.25) is 0 Å². The van der Waals surface area contributed by atoms with E-state index in [0.29, 0.717) is 17.4 Å². The third-order valence-electron chi connectivity index (χ3n) is 8.74. The van der Waals surface area contributed by atoms with Gasteiger partial charge in [0.25, 0.3) is 0 Å². The van der Waals surface area contributed by atoms with E-state index in [0.717, 1.165) is 67.2 Å². The maximum atomic E-state index is 13.3. The SMILES string of the molecule is Nc1ncnc2c1c(-c1ccc(Oc3ccccc3)cc1)nn2C1CC2CC1N(C(=O)/C=C/CN1CCCCC1)C2. The highest BCUT2D eigenvalue weighted by Crippen LogP contribution is 2.46. The summed E-state index contributed by atoms with van der Waals surface area (Å²) in [6.07, 6.45) is 11.1. The predicted molar refractivity (Wildman–Crippen MR) is 158 cm³/mol. The minimum Gasteiger partial charge on any atom is -0.457 e. The summed E-state index contributed by atoms with van der Waals surface area (Å²) in [5, 5.41) is 5.82. The molecule has 41 heavy (non-hydrogen) atoms. The zero-order chi connectivity index (χ0) is 27.8. The molecule has 3 fully saturated rings. The molecule has 0 radical (unpaired) electrons. The Kier molecular flexibility index (Phi) is 6.88. The van der Waals surface area contributed by atoms with E-state index >= 15 is 0 Å². The van der Waals surface area contributed by atoms with E-state index in [1.807, 2.05) is 70.3 Å². The van der Waals surface area contributed by atoms with Gasteiger partial charge in [-0.2, -0.15) is 5.10 Å². The highest BCUT2D eigenvalue weighted by Gasteiger charge is 2.48.